The molecule has 0 radical (unpaired) electrons. The molecule has 1 aromatic heterocycles. The van der Waals surface area contributed by atoms with E-state index in [0.29, 0.717) is 24.3 Å². The van der Waals surface area contributed by atoms with Gasteiger partial charge in [-0.1, -0.05) is 5.21 Å². The van der Waals surface area contributed by atoms with Crippen LogP contribution >= 0.6 is 0 Å². The molecular weight excluding hydrogens is 216 g/mol. The Hall–Kier alpha value is -2.55. The summed E-state index contributed by atoms with van der Waals surface area (Å²) in [6.45, 7) is 1.42. The molecule has 0 aliphatic carbocycles. The maximum absolute atomic E-state index is 8.84. The van der Waals surface area contributed by atoms with Crippen LogP contribution in [0.15, 0.2) is 30.6 Å². The Morgan fingerprint density at radius 2 is 2.35 bits per heavy atom. The number of anilines is 2. The van der Waals surface area contributed by atoms with Crippen LogP contribution < -0.4 is 11.1 Å². The first-order valence-electron chi connectivity index (χ1n) is 5.17. The molecule has 2 rings (SSSR count). The summed E-state index contributed by atoms with van der Waals surface area (Å²) in [4.78, 5) is 0. The number of benzene rings is 1. The van der Waals surface area contributed by atoms with E-state index in [1.165, 1.54) is 0 Å². The van der Waals surface area contributed by atoms with Crippen molar-refractivity contribution in [3.05, 3.63) is 36.2 Å². The molecule has 1 aromatic carbocycles. The highest BCUT2D eigenvalue weighted by atomic mass is 15.4. The summed E-state index contributed by atoms with van der Waals surface area (Å²) < 4.78 is 1.73. The van der Waals surface area contributed by atoms with E-state index in [1.54, 1.807) is 29.2 Å². The third kappa shape index (κ3) is 2.72. The number of nitrogens with two attached hydrogens (primary N) is 1. The lowest BCUT2D eigenvalue weighted by Gasteiger charge is -2.07. The topological polar surface area (TPSA) is 92.5 Å². The third-order valence-electron chi connectivity index (χ3n) is 2.32. The van der Waals surface area contributed by atoms with E-state index in [0.717, 1.165) is 5.69 Å². The van der Waals surface area contributed by atoms with E-state index in [9.17, 15) is 0 Å². The lowest BCUT2D eigenvalue weighted by molar-refractivity contribution is 0.609. The minimum Gasteiger partial charge on any atom is -0.398 e. The highest BCUT2D eigenvalue weighted by Gasteiger charge is 1.99. The summed E-state index contributed by atoms with van der Waals surface area (Å²) in [5, 5.41) is 19.6. The van der Waals surface area contributed by atoms with E-state index in [2.05, 4.69) is 15.6 Å². The van der Waals surface area contributed by atoms with Crippen molar-refractivity contribution < 1.29 is 0 Å². The fraction of sp³-hybridized carbons (Fsp3) is 0.182. The first-order chi connectivity index (χ1) is 8.29. The lowest BCUT2D eigenvalue weighted by atomic mass is 10.2. The van der Waals surface area contributed by atoms with Crippen molar-refractivity contribution in [3.63, 3.8) is 0 Å². The Morgan fingerprint density at radius 1 is 1.47 bits per heavy atom. The number of nitriles is 1. The van der Waals surface area contributed by atoms with Crippen molar-refractivity contribution in [2.75, 3.05) is 17.6 Å². The molecule has 0 saturated carbocycles. The average Bonchev–Trinajstić information content (AvgIpc) is 2.84. The fourth-order valence-electron chi connectivity index (χ4n) is 1.43. The molecule has 0 aliphatic rings. The zero-order valence-electron chi connectivity index (χ0n) is 9.17. The van der Waals surface area contributed by atoms with Gasteiger partial charge in [0, 0.05) is 24.1 Å². The fourth-order valence-corrected chi connectivity index (χ4v) is 1.43. The zero-order chi connectivity index (χ0) is 12.1. The number of nitrogen functional groups attached to an aromatic ring is 1. The summed E-state index contributed by atoms with van der Waals surface area (Å²) in [5.41, 5.74) is 7.48. The van der Waals surface area contributed by atoms with Crippen LogP contribution in [0, 0.1) is 11.3 Å². The Bertz CT molecular complexity index is 525. The summed E-state index contributed by atoms with van der Waals surface area (Å²) >= 11 is 0. The number of aromatic nitrogens is 3. The van der Waals surface area contributed by atoms with Gasteiger partial charge in [0.15, 0.2) is 0 Å². The van der Waals surface area contributed by atoms with Gasteiger partial charge in [0.05, 0.1) is 18.3 Å². The SMILES string of the molecule is N#Cc1cc(NCCn2ccnn2)ccc1N. The van der Waals surface area contributed by atoms with Crippen molar-refractivity contribution in [1.82, 2.24) is 15.0 Å². The van der Waals surface area contributed by atoms with Gasteiger partial charge in [-0.2, -0.15) is 5.26 Å². The van der Waals surface area contributed by atoms with Gasteiger partial charge in [0.25, 0.3) is 0 Å². The lowest BCUT2D eigenvalue weighted by Crippen LogP contribution is -2.11. The Balaban J connectivity index is 1.93. The minimum atomic E-state index is 0.482. The first kappa shape index (κ1) is 11.0. The summed E-state index contributed by atoms with van der Waals surface area (Å²) in [7, 11) is 0. The summed E-state index contributed by atoms with van der Waals surface area (Å²) in [6.07, 6.45) is 3.43. The van der Waals surface area contributed by atoms with Crippen LogP contribution in [-0.4, -0.2) is 21.5 Å². The molecule has 2 aromatic rings. The molecule has 0 saturated heterocycles. The molecule has 17 heavy (non-hydrogen) atoms. The van der Waals surface area contributed by atoms with Gasteiger partial charge in [0.2, 0.25) is 0 Å². The quantitative estimate of drug-likeness (QED) is 0.756. The maximum Gasteiger partial charge on any atom is 0.101 e. The van der Waals surface area contributed by atoms with Crippen LogP contribution in [0.2, 0.25) is 0 Å². The van der Waals surface area contributed by atoms with E-state index in [1.807, 2.05) is 12.1 Å². The summed E-state index contributed by atoms with van der Waals surface area (Å²) in [5.74, 6) is 0. The predicted molar refractivity (Wildman–Crippen MR) is 64.1 cm³/mol. The van der Waals surface area contributed by atoms with Crippen molar-refractivity contribution in [1.29, 1.82) is 5.26 Å². The van der Waals surface area contributed by atoms with Crippen LogP contribution in [0.3, 0.4) is 0 Å². The number of hydrogen-bond acceptors (Lipinski definition) is 5. The first-order valence-corrected chi connectivity index (χ1v) is 5.17. The molecule has 6 nitrogen and oxygen atoms in total. The van der Waals surface area contributed by atoms with Crippen molar-refractivity contribution in [2.24, 2.45) is 0 Å². The molecule has 0 unspecified atom stereocenters. The Labute approximate surface area is 98.7 Å². The Kier molecular flexibility index (Phi) is 3.21. The van der Waals surface area contributed by atoms with Crippen LogP contribution in [0.4, 0.5) is 11.4 Å². The molecular formula is C11H12N6. The van der Waals surface area contributed by atoms with E-state index in [-0.39, 0.29) is 0 Å². The maximum atomic E-state index is 8.84. The van der Waals surface area contributed by atoms with E-state index in [4.69, 9.17) is 11.0 Å². The van der Waals surface area contributed by atoms with Gasteiger partial charge in [-0.05, 0) is 18.2 Å². The number of nitrogens with one attached hydrogen (secondary N) is 1. The molecule has 1 heterocycles. The molecule has 0 bridgehead atoms. The zero-order valence-corrected chi connectivity index (χ0v) is 9.17. The standard InChI is InChI=1S/C11H12N6/c12-8-9-7-10(1-2-11(9)13)14-3-5-17-6-4-15-16-17/h1-2,4,6-7,14H,3,5,13H2. The molecule has 3 N–H and O–H groups in total. The number of rotatable bonds is 4. The molecule has 0 fully saturated rings. The highest BCUT2D eigenvalue weighted by Crippen LogP contribution is 2.16. The molecule has 6 heteroatoms. The molecule has 0 atom stereocenters. The third-order valence-corrected chi connectivity index (χ3v) is 2.32. The summed E-state index contributed by atoms with van der Waals surface area (Å²) in [6, 6.07) is 7.34. The van der Waals surface area contributed by atoms with Gasteiger partial charge in [-0.3, -0.25) is 4.68 Å². The van der Waals surface area contributed by atoms with Crippen LogP contribution in [0.25, 0.3) is 0 Å². The second-order valence-corrected chi connectivity index (χ2v) is 3.51. The smallest absolute Gasteiger partial charge is 0.101 e. The average molecular weight is 228 g/mol. The number of nitrogens with zero attached hydrogens (tertiary/aromatic N) is 4. The minimum absolute atomic E-state index is 0.482. The largest absolute Gasteiger partial charge is 0.398 e. The normalized spacial score (nSPS) is 9.82. The monoisotopic (exact) mass is 228 g/mol. The number of hydrogen-bond donors (Lipinski definition) is 2. The second-order valence-electron chi connectivity index (χ2n) is 3.51. The molecule has 0 amide bonds. The second kappa shape index (κ2) is 4.99. The van der Waals surface area contributed by atoms with E-state index < -0.39 is 0 Å². The van der Waals surface area contributed by atoms with Gasteiger partial charge in [-0.25, -0.2) is 0 Å². The van der Waals surface area contributed by atoms with Crippen LogP contribution in [0.1, 0.15) is 5.56 Å². The van der Waals surface area contributed by atoms with Gasteiger partial charge in [-0.15, -0.1) is 5.10 Å². The van der Waals surface area contributed by atoms with Crippen LogP contribution in [0.5, 0.6) is 0 Å². The van der Waals surface area contributed by atoms with E-state index >= 15 is 0 Å². The van der Waals surface area contributed by atoms with Gasteiger partial charge < -0.3 is 11.1 Å². The Morgan fingerprint density at radius 3 is 3.06 bits per heavy atom. The van der Waals surface area contributed by atoms with Crippen LogP contribution in [-0.2, 0) is 6.54 Å². The highest BCUT2D eigenvalue weighted by molar-refractivity contribution is 5.61. The van der Waals surface area contributed by atoms with Gasteiger partial charge in [0.1, 0.15) is 6.07 Å². The van der Waals surface area contributed by atoms with Gasteiger partial charge >= 0.3 is 0 Å². The predicted octanol–water partition coefficient (Wildman–Crippen LogP) is 0.844. The molecule has 86 valence electrons. The molecule has 0 spiro atoms. The molecule has 0 aliphatic heterocycles. The van der Waals surface area contributed by atoms with Crippen molar-refractivity contribution >= 4 is 11.4 Å². The van der Waals surface area contributed by atoms with Crippen molar-refractivity contribution in [3.8, 4) is 6.07 Å². The van der Waals surface area contributed by atoms with Crippen molar-refractivity contribution in [2.45, 2.75) is 6.54 Å².